The minimum absolute atomic E-state index is 0.0780. The maximum atomic E-state index is 12.0. The lowest BCUT2D eigenvalue weighted by Crippen LogP contribution is -2.41. The standard InChI is InChI=1S/C12H26N2O/c1-6-8-11(4)14(5)12(15)10(3)9-13-7-2/h10-11,13H,6-9H2,1-5H3. The fraction of sp³-hybridized carbons (Fsp3) is 0.917. The first-order chi connectivity index (χ1) is 7.04. The predicted octanol–water partition coefficient (Wildman–Crippen LogP) is 1.88. The van der Waals surface area contributed by atoms with Gasteiger partial charge in [-0.2, -0.15) is 0 Å². The van der Waals surface area contributed by atoms with Crippen molar-refractivity contribution in [1.82, 2.24) is 10.2 Å². The van der Waals surface area contributed by atoms with Gasteiger partial charge in [0.2, 0.25) is 5.91 Å². The summed E-state index contributed by atoms with van der Waals surface area (Å²) in [6, 6.07) is 0.353. The van der Waals surface area contributed by atoms with Crippen molar-refractivity contribution in [3.05, 3.63) is 0 Å². The van der Waals surface area contributed by atoms with Gasteiger partial charge in [0, 0.05) is 25.6 Å². The second kappa shape index (κ2) is 7.69. The molecule has 0 aliphatic carbocycles. The number of nitrogens with zero attached hydrogens (tertiary/aromatic N) is 1. The minimum atomic E-state index is 0.0780. The Morgan fingerprint density at radius 1 is 1.33 bits per heavy atom. The largest absolute Gasteiger partial charge is 0.343 e. The van der Waals surface area contributed by atoms with Gasteiger partial charge in [0.05, 0.1) is 0 Å². The van der Waals surface area contributed by atoms with Gasteiger partial charge >= 0.3 is 0 Å². The topological polar surface area (TPSA) is 32.3 Å². The van der Waals surface area contributed by atoms with E-state index in [1.54, 1.807) is 0 Å². The maximum Gasteiger partial charge on any atom is 0.226 e. The van der Waals surface area contributed by atoms with Gasteiger partial charge in [-0.1, -0.05) is 27.2 Å². The van der Waals surface area contributed by atoms with E-state index >= 15 is 0 Å². The molecule has 0 bridgehead atoms. The van der Waals surface area contributed by atoms with Crippen LogP contribution in [0, 0.1) is 5.92 Å². The summed E-state index contributed by atoms with van der Waals surface area (Å²) in [5, 5.41) is 3.21. The molecule has 0 fully saturated rings. The Morgan fingerprint density at radius 2 is 1.93 bits per heavy atom. The van der Waals surface area contributed by atoms with Crippen LogP contribution in [0.5, 0.6) is 0 Å². The first-order valence-corrected chi connectivity index (χ1v) is 6.01. The van der Waals surface area contributed by atoms with Crippen molar-refractivity contribution in [2.45, 2.75) is 46.6 Å². The van der Waals surface area contributed by atoms with Gasteiger partial charge in [0.15, 0.2) is 0 Å². The third kappa shape index (κ3) is 5.17. The summed E-state index contributed by atoms with van der Waals surface area (Å²) in [7, 11) is 1.91. The molecule has 3 heteroatoms. The number of amides is 1. The molecule has 1 N–H and O–H groups in total. The van der Waals surface area contributed by atoms with E-state index in [9.17, 15) is 4.79 Å². The summed E-state index contributed by atoms with van der Waals surface area (Å²) in [6.45, 7) is 10.0. The van der Waals surface area contributed by atoms with Crippen LogP contribution in [0.15, 0.2) is 0 Å². The average molecular weight is 214 g/mol. The highest BCUT2D eigenvalue weighted by Crippen LogP contribution is 2.08. The van der Waals surface area contributed by atoms with Crippen LogP contribution in [0.4, 0.5) is 0 Å². The first kappa shape index (κ1) is 14.4. The van der Waals surface area contributed by atoms with Crippen LogP contribution in [0.2, 0.25) is 0 Å². The van der Waals surface area contributed by atoms with E-state index in [0.717, 1.165) is 25.9 Å². The molecule has 1 amide bonds. The normalized spacial score (nSPS) is 14.7. The number of carbonyl (C=O) groups is 1. The third-order valence-electron chi connectivity index (χ3n) is 2.84. The molecule has 0 aromatic rings. The lowest BCUT2D eigenvalue weighted by atomic mass is 10.1. The van der Waals surface area contributed by atoms with E-state index in [4.69, 9.17) is 0 Å². The van der Waals surface area contributed by atoms with E-state index in [0.29, 0.717) is 6.04 Å². The fourth-order valence-corrected chi connectivity index (χ4v) is 1.62. The van der Waals surface area contributed by atoms with Gasteiger partial charge in [-0.05, 0) is 19.9 Å². The Kier molecular flexibility index (Phi) is 7.39. The summed E-state index contributed by atoms with van der Waals surface area (Å²) in [5.41, 5.74) is 0. The number of hydrogen-bond donors (Lipinski definition) is 1. The zero-order valence-electron chi connectivity index (χ0n) is 10.8. The quantitative estimate of drug-likeness (QED) is 0.702. The van der Waals surface area contributed by atoms with Crippen LogP contribution >= 0.6 is 0 Å². The number of rotatable bonds is 7. The molecule has 0 saturated heterocycles. The molecule has 15 heavy (non-hydrogen) atoms. The van der Waals surface area contributed by atoms with Gasteiger partial charge < -0.3 is 10.2 Å². The minimum Gasteiger partial charge on any atom is -0.343 e. The van der Waals surface area contributed by atoms with Gasteiger partial charge in [-0.25, -0.2) is 0 Å². The van der Waals surface area contributed by atoms with Crippen LogP contribution in [0.3, 0.4) is 0 Å². The van der Waals surface area contributed by atoms with Crippen LogP contribution < -0.4 is 5.32 Å². The SMILES string of the molecule is CCCC(C)N(C)C(=O)C(C)CNCC. The molecule has 0 heterocycles. The van der Waals surface area contributed by atoms with Crippen LogP contribution in [-0.4, -0.2) is 37.0 Å². The van der Waals surface area contributed by atoms with E-state index in [-0.39, 0.29) is 11.8 Å². The summed E-state index contributed by atoms with van der Waals surface area (Å²) >= 11 is 0. The van der Waals surface area contributed by atoms with Crippen LogP contribution in [0.25, 0.3) is 0 Å². The molecular formula is C12H26N2O. The Bertz CT molecular complexity index is 182. The monoisotopic (exact) mass is 214 g/mol. The van der Waals surface area contributed by atoms with E-state index < -0.39 is 0 Å². The summed E-state index contributed by atoms with van der Waals surface area (Å²) < 4.78 is 0. The zero-order valence-corrected chi connectivity index (χ0v) is 10.8. The Morgan fingerprint density at radius 3 is 2.40 bits per heavy atom. The lowest BCUT2D eigenvalue weighted by Gasteiger charge is -2.27. The Hall–Kier alpha value is -0.570. The molecule has 0 aromatic carbocycles. The fourth-order valence-electron chi connectivity index (χ4n) is 1.62. The lowest BCUT2D eigenvalue weighted by molar-refractivity contribution is -0.135. The van der Waals surface area contributed by atoms with Crippen LogP contribution in [-0.2, 0) is 4.79 Å². The molecule has 90 valence electrons. The maximum absolute atomic E-state index is 12.0. The highest BCUT2D eigenvalue weighted by Gasteiger charge is 2.20. The molecule has 2 unspecified atom stereocenters. The molecule has 0 aliphatic rings. The van der Waals surface area contributed by atoms with E-state index in [2.05, 4.69) is 26.1 Å². The predicted molar refractivity (Wildman–Crippen MR) is 64.8 cm³/mol. The Balaban J connectivity index is 4.05. The number of nitrogens with one attached hydrogen (secondary N) is 1. The first-order valence-electron chi connectivity index (χ1n) is 6.01. The molecule has 0 aromatic heterocycles. The van der Waals surface area contributed by atoms with E-state index in [1.807, 2.05) is 18.9 Å². The van der Waals surface area contributed by atoms with Crippen molar-refractivity contribution in [3.63, 3.8) is 0 Å². The molecule has 2 atom stereocenters. The summed E-state index contributed by atoms with van der Waals surface area (Å²) in [6.07, 6.45) is 2.20. The van der Waals surface area contributed by atoms with Crippen molar-refractivity contribution in [2.24, 2.45) is 5.92 Å². The van der Waals surface area contributed by atoms with Gasteiger partial charge in [0.25, 0.3) is 0 Å². The van der Waals surface area contributed by atoms with Gasteiger partial charge in [-0.3, -0.25) is 4.79 Å². The van der Waals surface area contributed by atoms with Gasteiger partial charge in [-0.15, -0.1) is 0 Å². The molecule has 0 radical (unpaired) electrons. The molecule has 0 saturated carbocycles. The molecule has 0 aliphatic heterocycles. The average Bonchev–Trinajstić information content (AvgIpc) is 2.24. The Labute approximate surface area is 94.2 Å². The molecule has 0 spiro atoms. The highest BCUT2D eigenvalue weighted by atomic mass is 16.2. The van der Waals surface area contributed by atoms with E-state index in [1.165, 1.54) is 0 Å². The number of hydrogen-bond acceptors (Lipinski definition) is 2. The molecule has 3 nitrogen and oxygen atoms in total. The second-order valence-electron chi connectivity index (χ2n) is 4.30. The zero-order chi connectivity index (χ0) is 11.8. The third-order valence-corrected chi connectivity index (χ3v) is 2.84. The molecular weight excluding hydrogens is 188 g/mol. The van der Waals surface area contributed by atoms with Crippen molar-refractivity contribution in [2.75, 3.05) is 20.1 Å². The van der Waals surface area contributed by atoms with Crippen molar-refractivity contribution >= 4 is 5.91 Å². The van der Waals surface area contributed by atoms with Crippen LogP contribution in [0.1, 0.15) is 40.5 Å². The van der Waals surface area contributed by atoms with Gasteiger partial charge in [0.1, 0.15) is 0 Å². The summed E-state index contributed by atoms with van der Waals surface area (Å²) in [5.74, 6) is 0.325. The second-order valence-corrected chi connectivity index (χ2v) is 4.30. The molecule has 0 rings (SSSR count). The highest BCUT2D eigenvalue weighted by molar-refractivity contribution is 5.78. The van der Waals surface area contributed by atoms with Crippen molar-refractivity contribution < 1.29 is 4.79 Å². The smallest absolute Gasteiger partial charge is 0.226 e. The summed E-state index contributed by atoms with van der Waals surface area (Å²) in [4.78, 5) is 13.8. The van der Waals surface area contributed by atoms with Crippen molar-refractivity contribution in [3.8, 4) is 0 Å². The van der Waals surface area contributed by atoms with Crippen molar-refractivity contribution in [1.29, 1.82) is 0 Å². The number of carbonyl (C=O) groups excluding carboxylic acids is 1.